The van der Waals surface area contributed by atoms with Gasteiger partial charge in [0, 0.05) is 9.52 Å². The van der Waals surface area contributed by atoms with Gasteiger partial charge in [0.15, 0.2) is 0 Å². The molecule has 0 aliphatic carbocycles. The normalized spacial score (nSPS) is 12.1. The van der Waals surface area contributed by atoms with Crippen molar-refractivity contribution >= 4 is 75.6 Å². The molecule has 0 saturated heterocycles. The second-order valence-corrected chi connectivity index (χ2v) is 14.7. The lowest BCUT2D eigenvalue weighted by atomic mass is 11.3. The molecule has 0 heterocycles. The van der Waals surface area contributed by atoms with Crippen LogP contribution < -0.4 is 0 Å². The molecule has 0 atom stereocenters. The molecule has 0 aromatic rings. The van der Waals surface area contributed by atoms with Gasteiger partial charge in [-0.3, -0.25) is 0 Å². The largest absolute Gasteiger partial charge is 0.495 e. The van der Waals surface area contributed by atoms with Crippen molar-refractivity contribution in [2.75, 3.05) is 0 Å². The molecule has 22 heavy (non-hydrogen) atoms. The number of carbonyl (C=O) groups excluding carboxylic acids is 3. The lowest BCUT2D eigenvalue weighted by Crippen LogP contribution is -2.42. The number of hydrogen-bond acceptors (Lipinski definition) is 6. The van der Waals surface area contributed by atoms with Crippen molar-refractivity contribution in [3.63, 3.8) is 0 Å². The van der Waals surface area contributed by atoms with Gasteiger partial charge in [-0.1, -0.05) is 26.2 Å². The summed E-state index contributed by atoms with van der Waals surface area (Å²) in [4.78, 5) is 30.1. The molecule has 0 aromatic heterocycles. The molecule has 130 valence electrons. The zero-order chi connectivity index (χ0) is 17.4. The summed E-state index contributed by atoms with van der Waals surface area (Å²) >= 11 is 0. The molecule has 0 fully saturated rings. The predicted octanol–water partition coefficient (Wildman–Crippen LogP) is -3.09. The molecule has 0 N–H and O–H groups in total. The average Bonchev–Trinajstić information content (AvgIpc) is 2.54. The molecule has 0 amide bonds. The topological polar surface area (TPSA) is 78.9 Å². The van der Waals surface area contributed by atoms with Gasteiger partial charge in [-0.05, 0) is 5.70 Å². The van der Waals surface area contributed by atoms with E-state index in [4.69, 9.17) is 12.3 Å². The first kappa shape index (κ1) is 29.7. The molecule has 0 rings (SSSR count). The third-order valence-corrected chi connectivity index (χ3v) is 11.3. The van der Waals surface area contributed by atoms with E-state index in [1.165, 1.54) is 0 Å². The van der Waals surface area contributed by atoms with E-state index in [0.29, 0.717) is 58.7 Å². The van der Waals surface area contributed by atoms with Crippen molar-refractivity contribution < 1.29 is 26.7 Å². The number of hydrogen-bond donors (Lipinski definition) is 0. The fourth-order valence-corrected chi connectivity index (χ4v) is 9.68. The van der Waals surface area contributed by atoms with E-state index in [9.17, 15) is 14.4 Å². The number of rotatable bonds is 8. The second kappa shape index (κ2) is 18.7. The van der Waals surface area contributed by atoms with E-state index < -0.39 is 16.9 Å². The molecule has 0 aliphatic heterocycles. The van der Waals surface area contributed by atoms with Crippen LogP contribution in [0.3, 0.4) is 0 Å². The Hall–Kier alpha value is -0.329. The minimum absolute atomic E-state index is 0. The van der Waals surface area contributed by atoms with Gasteiger partial charge in [0.05, 0.1) is 0 Å². The second-order valence-electron chi connectivity index (χ2n) is 3.68. The van der Waals surface area contributed by atoms with Crippen LogP contribution in [0.5, 0.6) is 0 Å². The fraction of sp³-hybridized carbons (Fsp3) is 0.300. The van der Waals surface area contributed by atoms with Crippen molar-refractivity contribution in [1.29, 1.82) is 0 Å². The summed E-state index contributed by atoms with van der Waals surface area (Å²) in [6.07, 6.45) is 0. The predicted molar refractivity (Wildman–Crippen MR) is 112 cm³/mol. The summed E-state index contributed by atoms with van der Waals surface area (Å²) in [6, 6.07) is 0. The molecule has 6 nitrogen and oxygen atoms in total. The van der Waals surface area contributed by atoms with E-state index in [-0.39, 0.29) is 7.43 Å². The van der Waals surface area contributed by atoms with Crippen molar-refractivity contribution in [2.24, 2.45) is 0 Å². The maximum absolute atomic E-state index is 10.0. The van der Waals surface area contributed by atoms with Crippen molar-refractivity contribution in [1.82, 2.24) is 0 Å². The minimum Gasteiger partial charge on any atom is -0.422 e. The van der Waals surface area contributed by atoms with Gasteiger partial charge in [-0.25, -0.2) is 0 Å². The molecular weight excluding hydrogens is 385 g/mol. The van der Waals surface area contributed by atoms with Gasteiger partial charge < -0.3 is 26.7 Å². The van der Waals surface area contributed by atoms with Crippen LogP contribution in [0.2, 0.25) is 13.1 Å². The highest BCUT2D eigenvalue weighted by Crippen LogP contribution is 2.03. The SMILES string of the molecule is C.C=C[Si](C=O)(C=O)C=O.C=C[Si](O[SiH3])(O[SiH3])O[SiH3].C[SiH2]C. The molecule has 0 aromatic carbocycles. The van der Waals surface area contributed by atoms with Gasteiger partial charge in [0.1, 0.15) is 49.2 Å². The van der Waals surface area contributed by atoms with Crippen LogP contribution in [0.25, 0.3) is 0 Å². The summed E-state index contributed by atoms with van der Waals surface area (Å²) in [5.41, 5.74) is 2.82. The van der Waals surface area contributed by atoms with Gasteiger partial charge >= 0.3 is 8.80 Å². The third kappa shape index (κ3) is 12.2. The fourth-order valence-electron chi connectivity index (χ4n) is 0.728. The molecule has 0 saturated carbocycles. The Balaban J connectivity index is -0.000000120. The molecule has 0 unspecified atom stereocenters. The molecule has 0 radical (unpaired) electrons. The average molecular weight is 415 g/mol. The highest BCUT2D eigenvalue weighted by atomic mass is 28.5. The third-order valence-electron chi connectivity index (χ3n) is 2.07. The monoisotopic (exact) mass is 414 g/mol. The Morgan fingerprint density at radius 3 is 1.14 bits per heavy atom. The van der Waals surface area contributed by atoms with E-state index in [0.717, 1.165) is 5.70 Å². The molecule has 0 spiro atoms. The van der Waals surface area contributed by atoms with Gasteiger partial charge in [0.2, 0.25) is 0 Å². The van der Waals surface area contributed by atoms with Gasteiger partial charge in [-0.15, -0.1) is 13.2 Å². The van der Waals surface area contributed by atoms with Crippen LogP contribution in [-0.4, -0.2) is 75.6 Å². The maximum atomic E-state index is 10.0. The minimum atomic E-state index is -2.97. The highest BCUT2D eigenvalue weighted by Gasteiger charge is 2.30. The van der Waals surface area contributed by atoms with E-state index in [1.807, 2.05) is 0 Å². The lowest BCUT2D eigenvalue weighted by Gasteiger charge is -2.21. The summed E-state index contributed by atoms with van der Waals surface area (Å²) in [5.74, 6) is 1.17. The van der Waals surface area contributed by atoms with Crippen LogP contribution in [0.1, 0.15) is 7.43 Å². The summed E-state index contributed by atoms with van der Waals surface area (Å²) in [5, 5.41) is 0. The van der Waals surface area contributed by atoms with E-state index in [2.05, 4.69) is 26.3 Å². The quantitative estimate of drug-likeness (QED) is 0.309. The first-order chi connectivity index (χ1) is 9.90. The zero-order valence-corrected chi connectivity index (χ0v) is 22.9. The van der Waals surface area contributed by atoms with Crippen LogP contribution in [-0.2, 0) is 26.7 Å². The van der Waals surface area contributed by atoms with E-state index in [1.54, 1.807) is 5.70 Å². The first-order valence-corrected chi connectivity index (χ1v) is 15.6. The Labute approximate surface area is 147 Å². The van der Waals surface area contributed by atoms with Crippen LogP contribution >= 0.6 is 0 Å². The molecule has 12 heteroatoms. The maximum Gasteiger partial charge on any atom is 0.495 e. The summed E-state index contributed by atoms with van der Waals surface area (Å²) in [7, 11) is -2.81. The summed E-state index contributed by atoms with van der Waals surface area (Å²) in [6.45, 7) is 11.3. The Bertz CT molecular complexity index is 277. The van der Waals surface area contributed by atoms with Crippen molar-refractivity contribution in [3.8, 4) is 0 Å². The Morgan fingerprint density at radius 2 is 1.14 bits per heavy atom. The molecule has 0 aliphatic rings. The highest BCUT2D eigenvalue weighted by molar-refractivity contribution is 7.35. The molecule has 0 bridgehead atoms. The smallest absolute Gasteiger partial charge is 0.422 e. The van der Waals surface area contributed by atoms with Crippen molar-refractivity contribution in [2.45, 2.75) is 20.5 Å². The van der Waals surface area contributed by atoms with Crippen LogP contribution in [0, 0.1) is 0 Å². The number of carbonyl (C=O) groups is 3. The lowest BCUT2D eigenvalue weighted by molar-refractivity contribution is 0.316. The standard InChI is InChI=1S/C5H6O3Si.C2H12O3Si4.C2H8Si.CH4/c2*1-2-9(3-6,4-7)5-8;1-3-2;/h2-5H,1H2;2H,1H2,6-8H3;3H2,1-2H3;1H4. The van der Waals surface area contributed by atoms with Crippen LogP contribution in [0.15, 0.2) is 24.6 Å². The van der Waals surface area contributed by atoms with Crippen molar-refractivity contribution in [3.05, 3.63) is 24.6 Å². The Kier molecular flexibility index (Phi) is 25.2. The zero-order valence-electron chi connectivity index (χ0n) is 13.5. The first-order valence-electron chi connectivity index (χ1n) is 6.22. The van der Waals surface area contributed by atoms with Gasteiger partial charge in [0.25, 0.3) is 8.07 Å². The summed E-state index contributed by atoms with van der Waals surface area (Å²) < 4.78 is 15.5. The van der Waals surface area contributed by atoms with Crippen LogP contribution in [0.4, 0.5) is 0 Å². The van der Waals surface area contributed by atoms with Gasteiger partial charge in [-0.2, -0.15) is 0 Å². The van der Waals surface area contributed by atoms with E-state index >= 15 is 0 Å². The molecular formula is C10H30O6Si6. The Morgan fingerprint density at radius 1 is 0.864 bits per heavy atom.